The molecule has 60 valence electrons. The summed E-state index contributed by atoms with van der Waals surface area (Å²) < 4.78 is 24.0. The summed E-state index contributed by atoms with van der Waals surface area (Å²) in [4.78, 5) is 0. The van der Waals surface area contributed by atoms with E-state index in [4.69, 9.17) is 17.3 Å². The molecule has 0 aromatic carbocycles. The van der Waals surface area contributed by atoms with Crippen LogP contribution in [0.4, 0.5) is 0 Å². The van der Waals surface area contributed by atoms with E-state index in [9.17, 15) is 8.42 Å². The third kappa shape index (κ3) is 5.84. The van der Waals surface area contributed by atoms with Gasteiger partial charge in [-0.2, -0.15) is 4.40 Å². The SMILES string of the molecule is CS(=O)(=O)N=C(N)CCCl. The van der Waals surface area contributed by atoms with Crippen molar-refractivity contribution in [3.8, 4) is 0 Å². The summed E-state index contributed by atoms with van der Waals surface area (Å²) in [6.45, 7) is 0. The lowest BCUT2D eigenvalue weighted by Crippen LogP contribution is -2.14. The average molecular weight is 185 g/mol. The molecule has 0 saturated carbocycles. The molecule has 0 saturated heterocycles. The molecule has 0 aliphatic heterocycles. The molecule has 0 radical (unpaired) electrons. The molecule has 2 N–H and O–H groups in total. The zero-order valence-corrected chi connectivity index (χ0v) is 7.11. The zero-order chi connectivity index (χ0) is 8.20. The van der Waals surface area contributed by atoms with Gasteiger partial charge in [0, 0.05) is 12.3 Å². The van der Waals surface area contributed by atoms with Gasteiger partial charge in [0.1, 0.15) is 5.84 Å². The molecule has 4 nitrogen and oxygen atoms in total. The second kappa shape index (κ2) is 3.78. The maximum atomic E-state index is 10.4. The van der Waals surface area contributed by atoms with Gasteiger partial charge >= 0.3 is 0 Å². The van der Waals surface area contributed by atoms with Gasteiger partial charge in [-0.1, -0.05) is 0 Å². The Kier molecular flexibility index (Phi) is 3.67. The van der Waals surface area contributed by atoms with E-state index in [1.165, 1.54) is 0 Å². The molecule has 0 amide bonds. The number of amidine groups is 1. The van der Waals surface area contributed by atoms with E-state index in [0.29, 0.717) is 6.42 Å². The first-order chi connectivity index (χ1) is 4.45. The van der Waals surface area contributed by atoms with Crippen LogP contribution in [-0.4, -0.2) is 26.4 Å². The molecule has 10 heavy (non-hydrogen) atoms. The number of rotatable bonds is 3. The maximum Gasteiger partial charge on any atom is 0.251 e. The maximum absolute atomic E-state index is 10.4. The number of alkyl halides is 1. The van der Waals surface area contributed by atoms with Crippen LogP contribution < -0.4 is 5.73 Å². The Balaban J connectivity index is 4.18. The van der Waals surface area contributed by atoms with E-state index in [1.807, 2.05) is 0 Å². The third-order valence-corrected chi connectivity index (χ3v) is 1.39. The number of nitrogens with zero attached hydrogens (tertiary/aromatic N) is 1. The van der Waals surface area contributed by atoms with Crippen LogP contribution in [0.15, 0.2) is 4.40 Å². The van der Waals surface area contributed by atoms with E-state index in [-0.39, 0.29) is 11.7 Å². The predicted octanol–water partition coefficient (Wildman–Crippen LogP) is -0.0679. The standard InChI is InChI=1S/C4H9ClN2O2S/c1-10(8,9)7-4(6)2-3-5/h2-3H2,1H3,(H2,6,7). The summed E-state index contributed by atoms with van der Waals surface area (Å²) in [6.07, 6.45) is 1.28. The zero-order valence-electron chi connectivity index (χ0n) is 5.54. The number of sulfonamides is 1. The van der Waals surface area contributed by atoms with E-state index in [0.717, 1.165) is 6.26 Å². The van der Waals surface area contributed by atoms with Crippen molar-refractivity contribution in [3.05, 3.63) is 0 Å². The topological polar surface area (TPSA) is 72.5 Å². The summed E-state index contributed by atoms with van der Waals surface area (Å²) >= 11 is 5.27. The first-order valence-electron chi connectivity index (χ1n) is 2.56. The van der Waals surface area contributed by atoms with Gasteiger partial charge in [-0.05, 0) is 0 Å². The van der Waals surface area contributed by atoms with E-state index >= 15 is 0 Å². The van der Waals surface area contributed by atoms with Gasteiger partial charge in [0.15, 0.2) is 0 Å². The molecule has 0 atom stereocenters. The van der Waals surface area contributed by atoms with Crippen molar-refractivity contribution >= 4 is 27.5 Å². The van der Waals surface area contributed by atoms with Crippen LogP contribution in [-0.2, 0) is 10.0 Å². The minimum atomic E-state index is -3.34. The summed E-state index contributed by atoms with van der Waals surface area (Å²) in [5.74, 6) is 0.336. The molecular formula is C4H9ClN2O2S. The lowest BCUT2D eigenvalue weighted by molar-refractivity contribution is 0.603. The van der Waals surface area contributed by atoms with Crippen molar-refractivity contribution in [3.63, 3.8) is 0 Å². The summed E-state index contributed by atoms with van der Waals surface area (Å²) in [7, 11) is -3.34. The molecule has 0 fully saturated rings. The normalized spacial score (nSPS) is 13.6. The molecule has 0 aromatic rings. The van der Waals surface area contributed by atoms with E-state index in [2.05, 4.69) is 4.40 Å². The summed E-state index contributed by atoms with van der Waals surface area (Å²) in [5, 5.41) is 0. The van der Waals surface area contributed by atoms with Gasteiger partial charge in [-0.25, -0.2) is 8.42 Å². The van der Waals surface area contributed by atoms with Gasteiger partial charge < -0.3 is 5.73 Å². The van der Waals surface area contributed by atoms with Crippen LogP contribution in [0.1, 0.15) is 6.42 Å². The second-order valence-corrected chi connectivity index (χ2v) is 3.78. The van der Waals surface area contributed by atoms with Crippen LogP contribution in [0.25, 0.3) is 0 Å². The summed E-state index contributed by atoms with van der Waals surface area (Å²) in [5.41, 5.74) is 5.16. The smallest absolute Gasteiger partial charge is 0.251 e. The number of hydrogen-bond donors (Lipinski definition) is 1. The van der Waals surface area contributed by atoms with Crippen LogP contribution in [0, 0.1) is 0 Å². The largest absolute Gasteiger partial charge is 0.386 e. The van der Waals surface area contributed by atoms with Crippen molar-refractivity contribution in [1.29, 1.82) is 0 Å². The fraction of sp³-hybridized carbons (Fsp3) is 0.750. The Hall–Kier alpha value is -0.290. The monoisotopic (exact) mass is 184 g/mol. The van der Waals surface area contributed by atoms with Gasteiger partial charge in [-0.15, -0.1) is 11.6 Å². The highest BCUT2D eigenvalue weighted by molar-refractivity contribution is 7.89. The van der Waals surface area contributed by atoms with Crippen LogP contribution in [0.5, 0.6) is 0 Å². The Morgan fingerprint density at radius 3 is 2.50 bits per heavy atom. The fourth-order valence-corrected chi connectivity index (χ4v) is 1.07. The molecule has 0 rings (SSSR count). The first kappa shape index (κ1) is 9.71. The van der Waals surface area contributed by atoms with Crippen LogP contribution in [0.3, 0.4) is 0 Å². The molecule has 0 unspecified atom stereocenters. The van der Waals surface area contributed by atoms with Gasteiger partial charge in [0.25, 0.3) is 10.0 Å². The van der Waals surface area contributed by atoms with E-state index < -0.39 is 10.0 Å². The number of hydrogen-bond acceptors (Lipinski definition) is 2. The van der Waals surface area contributed by atoms with Gasteiger partial charge in [0.05, 0.1) is 6.26 Å². The number of halogens is 1. The molecule has 0 aliphatic carbocycles. The lowest BCUT2D eigenvalue weighted by Gasteiger charge is -1.93. The highest BCUT2D eigenvalue weighted by atomic mass is 35.5. The minimum Gasteiger partial charge on any atom is -0.386 e. The van der Waals surface area contributed by atoms with Crippen molar-refractivity contribution in [2.24, 2.45) is 10.1 Å². The van der Waals surface area contributed by atoms with Crippen molar-refractivity contribution in [2.45, 2.75) is 6.42 Å². The van der Waals surface area contributed by atoms with Crippen molar-refractivity contribution < 1.29 is 8.42 Å². The molecule has 0 aliphatic rings. The fourth-order valence-electron chi connectivity index (χ4n) is 0.355. The van der Waals surface area contributed by atoms with E-state index in [1.54, 1.807) is 0 Å². The predicted molar refractivity (Wildman–Crippen MR) is 41.8 cm³/mol. The highest BCUT2D eigenvalue weighted by Crippen LogP contribution is 1.89. The van der Waals surface area contributed by atoms with Gasteiger partial charge in [0.2, 0.25) is 0 Å². The molecule has 6 heteroatoms. The Morgan fingerprint density at radius 1 is 1.70 bits per heavy atom. The van der Waals surface area contributed by atoms with Crippen molar-refractivity contribution in [1.82, 2.24) is 0 Å². The van der Waals surface area contributed by atoms with Crippen LogP contribution in [0.2, 0.25) is 0 Å². The lowest BCUT2D eigenvalue weighted by atomic mass is 10.5. The first-order valence-corrected chi connectivity index (χ1v) is 4.94. The van der Waals surface area contributed by atoms with Gasteiger partial charge in [-0.3, -0.25) is 0 Å². The Bertz CT molecular complexity index is 221. The number of nitrogens with two attached hydrogens (primary N) is 1. The second-order valence-electron chi connectivity index (χ2n) is 1.75. The van der Waals surface area contributed by atoms with Crippen molar-refractivity contribution in [2.75, 3.05) is 12.1 Å². The molecule has 0 bridgehead atoms. The molecular weight excluding hydrogens is 176 g/mol. The Morgan fingerprint density at radius 2 is 2.20 bits per heavy atom. The molecule has 0 spiro atoms. The Labute approximate surface area is 65.1 Å². The van der Waals surface area contributed by atoms with Crippen LogP contribution >= 0.6 is 11.6 Å². The summed E-state index contributed by atoms with van der Waals surface area (Å²) in [6, 6.07) is 0. The third-order valence-electron chi connectivity index (χ3n) is 0.634. The molecule has 0 aromatic heterocycles. The molecule has 0 heterocycles. The quantitative estimate of drug-likeness (QED) is 0.379. The minimum absolute atomic E-state index is 0.0532. The average Bonchev–Trinajstić information content (AvgIpc) is 1.59. The highest BCUT2D eigenvalue weighted by Gasteiger charge is 1.98.